The van der Waals surface area contributed by atoms with E-state index in [2.05, 4.69) is 160 Å². The lowest BCUT2D eigenvalue weighted by molar-refractivity contribution is -0.870. The molecule has 2 unspecified atom stereocenters. The number of nitrogens with zero attached hydrogens (tertiary/aromatic N) is 1. The van der Waals surface area contributed by atoms with Crippen LogP contribution in [0.25, 0.3) is 0 Å². The molecular weight excluding hydrogens is 1040 g/mol. The molecule has 0 radical (unpaired) electrons. The van der Waals surface area contributed by atoms with Crippen molar-refractivity contribution >= 4 is 17.9 Å². The lowest BCUT2D eigenvalue weighted by atomic mass is 10.0. The molecule has 9 nitrogen and oxygen atoms in total. The van der Waals surface area contributed by atoms with Gasteiger partial charge in [0, 0.05) is 12.8 Å². The molecule has 476 valence electrons. The molecule has 0 aliphatic rings. The molecule has 0 N–H and O–H groups in total. The normalized spacial score (nSPS) is 13.7. The number of carboxylic acid groups (broad SMARTS) is 1. The smallest absolute Gasteiger partial charge is 0.306 e. The van der Waals surface area contributed by atoms with Crippen molar-refractivity contribution in [1.29, 1.82) is 0 Å². The van der Waals surface area contributed by atoms with Gasteiger partial charge in [0.1, 0.15) is 13.2 Å². The molecule has 0 aromatic carbocycles. The van der Waals surface area contributed by atoms with E-state index in [9.17, 15) is 19.5 Å². The molecule has 0 spiro atoms. The molecule has 0 aromatic rings. The van der Waals surface area contributed by atoms with Gasteiger partial charge >= 0.3 is 11.9 Å². The highest BCUT2D eigenvalue weighted by Gasteiger charge is 2.22. The number of rotatable bonds is 60. The molecule has 0 aliphatic heterocycles. The van der Waals surface area contributed by atoms with E-state index in [-0.39, 0.29) is 38.6 Å². The molecule has 0 aliphatic carbocycles. The molecule has 0 saturated heterocycles. The number of hydrogen-bond donors (Lipinski definition) is 0. The lowest BCUT2D eigenvalue weighted by Crippen LogP contribution is -2.44. The van der Waals surface area contributed by atoms with E-state index in [4.69, 9.17) is 18.9 Å². The Hall–Kier alpha value is -4.83. The Morgan fingerprint density at radius 2 is 0.679 bits per heavy atom. The summed E-state index contributed by atoms with van der Waals surface area (Å²) >= 11 is 0. The van der Waals surface area contributed by atoms with Crippen LogP contribution in [-0.4, -0.2) is 82.3 Å². The molecule has 0 amide bonds. The second kappa shape index (κ2) is 64.2. The summed E-state index contributed by atoms with van der Waals surface area (Å²) in [5.74, 6) is -2.32. The highest BCUT2D eigenvalue weighted by molar-refractivity contribution is 5.70. The Labute approximate surface area is 515 Å². The van der Waals surface area contributed by atoms with Crippen LogP contribution >= 0.6 is 0 Å². The maximum atomic E-state index is 12.9. The average molecular weight is 1170 g/mol. The van der Waals surface area contributed by atoms with Crippen molar-refractivity contribution in [3.63, 3.8) is 0 Å². The number of ether oxygens (including phenoxy) is 4. The highest BCUT2D eigenvalue weighted by atomic mass is 16.7. The fourth-order valence-electron chi connectivity index (χ4n) is 8.75. The first-order valence-electron chi connectivity index (χ1n) is 33.5. The molecule has 0 saturated carbocycles. The molecule has 0 bridgehead atoms. The number of carbonyl (C=O) groups is 3. The number of aliphatic carboxylic acids is 1. The fourth-order valence-corrected chi connectivity index (χ4v) is 8.75. The zero-order chi connectivity index (χ0) is 61.2. The minimum absolute atomic E-state index is 0.136. The van der Waals surface area contributed by atoms with Gasteiger partial charge in [0.05, 0.1) is 40.3 Å². The van der Waals surface area contributed by atoms with Gasteiger partial charge in [-0.1, -0.05) is 282 Å². The zero-order valence-corrected chi connectivity index (χ0v) is 54.2. The van der Waals surface area contributed by atoms with Crippen molar-refractivity contribution in [2.75, 3.05) is 47.5 Å². The number of carboxylic acids is 1. The molecule has 9 heteroatoms. The largest absolute Gasteiger partial charge is 0.545 e. The van der Waals surface area contributed by atoms with E-state index in [0.717, 1.165) is 122 Å². The van der Waals surface area contributed by atoms with Gasteiger partial charge in [0.2, 0.25) is 0 Å². The van der Waals surface area contributed by atoms with Crippen LogP contribution in [0.4, 0.5) is 0 Å². The molecule has 0 fully saturated rings. The quantitative estimate of drug-likeness (QED) is 0.0195. The van der Waals surface area contributed by atoms with Gasteiger partial charge < -0.3 is 33.3 Å². The minimum atomic E-state index is -1.64. The molecule has 0 aromatic heterocycles. The monoisotopic (exact) mass is 1170 g/mol. The van der Waals surface area contributed by atoms with Crippen LogP contribution in [0, 0.1) is 0 Å². The summed E-state index contributed by atoms with van der Waals surface area (Å²) in [7, 11) is 5.91. The Morgan fingerprint density at radius 1 is 0.369 bits per heavy atom. The number of hydrogen-bond acceptors (Lipinski definition) is 8. The fraction of sp³-hybridized carbons (Fsp3) is 0.640. The van der Waals surface area contributed by atoms with E-state index in [1.54, 1.807) is 0 Å². The van der Waals surface area contributed by atoms with Crippen LogP contribution in [0.5, 0.6) is 0 Å². The SMILES string of the molecule is CC/C=C\C/C=C\C/C=C\C/C=C\C/C=C\C/C=C\C/C=C\C/C=C\C/C=C\C/C=C\C/C=C\C/C=C\CCCCCCC(=O)OC(COC(=O)CCCCCCCCCCCCCCCCCCCC)COC(OCC[N+](C)(C)C)C(=O)[O-]. The third-order valence-electron chi connectivity index (χ3n) is 13.9. The van der Waals surface area contributed by atoms with Crippen LogP contribution in [-0.2, 0) is 33.3 Å². The Kier molecular flexibility index (Phi) is 60.5. The summed E-state index contributed by atoms with van der Waals surface area (Å²) < 4.78 is 22.7. The van der Waals surface area contributed by atoms with Crippen molar-refractivity contribution in [3.8, 4) is 0 Å². The number of allylic oxidation sites excluding steroid dienone is 24. The number of unbranched alkanes of at least 4 members (excludes halogenated alkanes) is 21. The summed E-state index contributed by atoms with van der Waals surface area (Å²) in [5.41, 5.74) is 0. The van der Waals surface area contributed by atoms with Gasteiger partial charge in [-0.15, -0.1) is 0 Å². The predicted octanol–water partition coefficient (Wildman–Crippen LogP) is 19.4. The van der Waals surface area contributed by atoms with E-state index in [1.807, 2.05) is 21.1 Å². The summed E-state index contributed by atoms with van der Waals surface area (Å²) in [5, 5.41) is 11.8. The van der Waals surface area contributed by atoms with Gasteiger partial charge in [-0.3, -0.25) is 9.59 Å². The topological polar surface area (TPSA) is 111 Å². The molecule has 0 rings (SSSR count). The van der Waals surface area contributed by atoms with Crippen molar-refractivity contribution in [2.24, 2.45) is 0 Å². The van der Waals surface area contributed by atoms with Crippen LogP contribution in [0.3, 0.4) is 0 Å². The number of esters is 2. The molecule has 0 heterocycles. The zero-order valence-electron chi connectivity index (χ0n) is 54.2. The van der Waals surface area contributed by atoms with E-state index < -0.39 is 24.3 Å². The van der Waals surface area contributed by atoms with E-state index in [1.165, 1.54) is 96.3 Å². The van der Waals surface area contributed by atoms with Crippen LogP contribution < -0.4 is 5.11 Å². The third kappa shape index (κ3) is 64.7. The maximum absolute atomic E-state index is 12.9. The maximum Gasteiger partial charge on any atom is 0.306 e. The summed E-state index contributed by atoms with van der Waals surface area (Å²) in [6.45, 7) is 4.61. The Balaban J connectivity index is 4.23. The lowest BCUT2D eigenvalue weighted by Gasteiger charge is -2.26. The van der Waals surface area contributed by atoms with Gasteiger partial charge in [0.15, 0.2) is 12.4 Å². The summed E-state index contributed by atoms with van der Waals surface area (Å²) in [4.78, 5) is 37.4. The number of quaternary nitrogens is 1. The first-order valence-corrected chi connectivity index (χ1v) is 33.5. The van der Waals surface area contributed by atoms with Gasteiger partial charge in [-0.2, -0.15) is 0 Å². The first-order chi connectivity index (χ1) is 41.1. The van der Waals surface area contributed by atoms with Crippen LogP contribution in [0.1, 0.15) is 251 Å². The Bertz CT molecular complexity index is 1890. The van der Waals surface area contributed by atoms with Crippen molar-refractivity contribution in [2.45, 2.75) is 264 Å². The van der Waals surface area contributed by atoms with E-state index >= 15 is 0 Å². The number of likely N-dealkylation sites (N-methyl/N-ethyl adjacent to an activating group) is 1. The predicted molar refractivity (Wildman–Crippen MR) is 356 cm³/mol. The van der Waals surface area contributed by atoms with Crippen LogP contribution in [0.2, 0.25) is 0 Å². The second-order valence-corrected chi connectivity index (χ2v) is 23.0. The highest BCUT2D eigenvalue weighted by Crippen LogP contribution is 2.16. The third-order valence-corrected chi connectivity index (χ3v) is 13.9. The summed E-state index contributed by atoms with van der Waals surface area (Å²) in [6.07, 6.45) is 90.6. The van der Waals surface area contributed by atoms with Crippen molar-refractivity contribution in [1.82, 2.24) is 0 Å². The van der Waals surface area contributed by atoms with Crippen LogP contribution in [0.15, 0.2) is 146 Å². The van der Waals surface area contributed by atoms with Gasteiger partial charge in [-0.25, -0.2) is 0 Å². The van der Waals surface area contributed by atoms with Crippen molar-refractivity contribution in [3.05, 3.63) is 146 Å². The minimum Gasteiger partial charge on any atom is -0.545 e. The van der Waals surface area contributed by atoms with Gasteiger partial charge in [0.25, 0.3) is 0 Å². The molecule has 2 atom stereocenters. The second-order valence-electron chi connectivity index (χ2n) is 23.0. The standard InChI is InChI=1S/C75H123NO8/c1-6-8-10-12-14-16-18-20-22-24-26-27-28-29-30-31-32-33-34-35-36-37-38-39-40-41-42-43-44-45-46-47-48-50-52-54-56-58-60-62-64-66-73(78)84-71(70-83-75(74(79)80)81-68-67-76(3,4)5)69-82-72(77)65-63-61-59-57-55-53-51-49-25-23-21-19-17-15-13-11-9-7-2/h8,10,14,16,20,22,26-27,29-30,32-33,35-36,38-39,41-42,44-45,47-48,52,54,71,75H,6-7,9,11-13,15,17-19,21,23-25,28,31,34,37,40,43,46,49-51,53,55-70H2,1-5H3/b10-8-,16-14-,22-20-,27-26-,30-29-,33-32-,36-35-,39-38-,42-41-,45-44-,48-47-,54-52-. The summed E-state index contributed by atoms with van der Waals surface area (Å²) in [6, 6.07) is 0. The van der Waals surface area contributed by atoms with E-state index in [0.29, 0.717) is 17.4 Å². The molecule has 84 heavy (non-hydrogen) atoms. The molecular formula is C75H123NO8. The first kappa shape index (κ1) is 79.2. The van der Waals surface area contributed by atoms with Gasteiger partial charge in [-0.05, 0) is 103 Å². The van der Waals surface area contributed by atoms with Crippen molar-refractivity contribution < 1.29 is 42.9 Å². The number of carbonyl (C=O) groups excluding carboxylic acids is 3. The average Bonchev–Trinajstić information content (AvgIpc) is 3.52. The Morgan fingerprint density at radius 3 is 1.01 bits per heavy atom.